The van der Waals surface area contributed by atoms with E-state index in [4.69, 9.17) is 42.4 Å². The van der Waals surface area contributed by atoms with Crippen LogP contribution in [0.3, 0.4) is 0 Å². The van der Waals surface area contributed by atoms with Gasteiger partial charge in [-0.05, 0) is 122 Å². The molecule has 2 fully saturated rings. The van der Waals surface area contributed by atoms with Gasteiger partial charge in [0.05, 0.1) is 32.7 Å². The van der Waals surface area contributed by atoms with Crippen molar-refractivity contribution < 1.29 is 28.2 Å². The molecule has 19 rings (SSSR count). The SMILES string of the molecule is CCC(=O)N1CCN(c2nc3c(c(=O)n(C)c(=O)n3C)n2Cc2ccc(C)cc2)CC1.CCC(=O)N1CCN(c2nc3c(c(=O)n(C)c(=O)n3C)n2Cc2ccc(F)cc2)CC1.CCc1ccccc1Oc1nc2c(c(=O)n(C)c(=O)n2C)n1Cc1ccc(C)cc1.COCCCNc1nc2c(c(=O)n(C)c(=O)n2C)n1Cc1cccc(Cl)c1.Cc1ccc(Oc2nc3c(c(=O)n(C)c(=O)n3C)n2Cc2cccc(Cl)c2)cc1. The summed E-state index contributed by atoms with van der Waals surface area (Å²) in [6.45, 7) is 19.6. The van der Waals surface area contributed by atoms with Crippen LogP contribution in [-0.2, 0) is 124 Å². The number of para-hydroxylation sites is 1. The number of aromatic nitrogens is 20. The average molecular weight is 2060 g/mol. The first kappa shape index (κ1) is 106. The number of methoxy groups -OCH3 is 1. The molecule has 12 heterocycles. The first-order valence-corrected chi connectivity index (χ1v) is 49.0. The first-order valence-electron chi connectivity index (χ1n) is 48.3. The predicted octanol–water partition coefficient (Wildman–Crippen LogP) is 9.49. The van der Waals surface area contributed by atoms with Crippen molar-refractivity contribution in [3.05, 3.63) is 340 Å². The summed E-state index contributed by atoms with van der Waals surface area (Å²) in [6.07, 6.45) is 2.54. The molecule has 43 heteroatoms. The van der Waals surface area contributed by atoms with E-state index in [9.17, 15) is 61.9 Å². The number of halogens is 3. The number of rotatable bonds is 24. The zero-order chi connectivity index (χ0) is 106. The summed E-state index contributed by atoms with van der Waals surface area (Å²) in [4.78, 5) is 181. The van der Waals surface area contributed by atoms with Gasteiger partial charge in [0.1, 0.15) is 17.3 Å². The standard InChI is InChI=1S/C23H24N4O3.C22H28N6O3.C21H19ClN4O3.C21H25FN6O3.C18H22ClN5O3/c1-5-17-8-6-7-9-18(17)30-22-24-20-19(21(28)26(4)23(29)25(20)3)27(22)14-16-12-10-15(2)11-13-16;1-5-17(29)26-10-12-27(13-11-26)21-23-19-18(20(30)25(4)22(31)24(19)3)28(21)14-16-8-6-15(2)7-9-16;1-13-7-9-16(10-8-13)29-20-23-18-17(19(27)25(3)21(28)24(18)2)26(20)12-14-5-4-6-15(22)11-14;1-4-16(29)26-9-11-27(12-10-26)20-23-18-17(19(30)25(3)21(31)24(18)2)28(20)13-14-5-7-15(22)8-6-14;1-22-15-14(16(25)23(2)18(22)26)24(11-12-6-4-7-13(19)10-12)17(21-15)20-8-5-9-27-3/h6-13H,5,14H2,1-4H3;6-9H,5,10-14H2,1-4H3;4-11H,12H2,1-3H3;5-8H,4,9-13H2,1-3H3;4,6-7,10H,5,8-9,11H2,1-3H3,(H,20,21). The third kappa shape index (κ3) is 22.3. The van der Waals surface area contributed by atoms with E-state index in [0.717, 1.165) is 85.7 Å². The molecule has 2 aliphatic rings. The predicted molar refractivity (Wildman–Crippen MR) is 569 cm³/mol. The Kier molecular flexibility index (Phi) is 32.6. The van der Waals surface area contributed by atoms with Gasteiger partial charge in [-0.1, -0.05) is 176 Å². The normalized spacial score (nSPS) is 12.6. The van der Waals surface area contributed by atoms with E-state index in [1.807, 2.05) is 187 Å². The number of imidazole rings is 5. The lowest BCUT2D eigenvalue weighted by Gasteiger charge is -2.35. The minimum Gasteiger partial charge on any atom is -0.425 e. The molecule has 7 aromatic carbocycles. The van der Waals surface area contributed by atoms with Crippen molar-refractivity contribution in [1.29, 1.82) is 0 Å². The highest BCUT2D eigenvalue weighted by atomic mass is 35.5. The van der Waals surface area contributed by atoms with E-state index in [1.165, 1.54) is 70.2 Å². The molecule has 148 heavy (non-hydrogen) atoms. The summed E-state index contributed by atoms with van der Waals surface area (Å²) in [5.74, 6) is 2.91. The number of aryl methyl sites for hydroxylation is 9. The molecule has 0 aliphatic carbocycles. The highest BCUT2D eigenvalue weighted by Crippen LogP contribution is 2.33. The van der Waals surface area contributed by atoms with Crippen LogP contribution >= 0.6 is 23.2 Å². The number of carbonyl (C=O) groups is 2. The maximum absolute atomic E-state index is 13.4. The molecule has 774 valence electrons. The van der Waals surface area contributed by atoms with E-state index >= 15 is 0 Å². The molecule has 0 saturated carbocycles. The second-order valence-corrected chi connectivity index (χ2v) is 37.3. The number of carbonyl (C=O) groups excluding carboxylic acids is 2. The number of ether oxygens (including phenoxy) is 3. The number of benzene rings is 7. The van der Waals surface area contributed by atoms with E-state index in [1.54, 1.807) is 84.9 Å². The van der Waals surface area contributed by atoms with Crippen LogP contribution < -0.4 is 80.8 Å². The van der Waals surface area contributed by atoms with Gasteiger partial charge in [-0.3, -0.25) is 102 Å². The van der Waals surface area contributed by atoms with Crippen LogP contribution in [0.1, 0.15) is 90.1 Å². The molecule has 0 radical (unpaired) electrons. The Bertz CT molecular complexity index is 8350. The van der Waals surface area contributed by atoms with Crippen molar-refractivity contribution in [2.24, 2.45) is 70.5 Å². The van der Waals surface area contributed by atoms with Crippen molar-refractivity contribution in [1.82, 2.24) is 103 Å². The molecule has 17 aromatic rings. The van der Waals surface area contributed by atoms with Gasteiger partial charge in [-0.25, -0.2) is 28.4 Å². The lowest BCUT2D eigenvalue weighted by molar-refractivity contribution is -0.131. The van der Waals surface area contributed by atoms with Gasteiger partial charge in [-0.2, -0.15) is 24.9 Å². The van der Waals surface area contributed by atoms with E-state index in [-0.39, 0.29) is 51.9 Å². The molecule has 2 amide bonds. The molecule has 0 spiro atoms. The van der Waals surface area contributed by atoms with Crippen LogP contribution in [0.25, 0.3) is 55.8 Å². The highest BCUT2D eigenvalue weighted by Gasteiger charge is 2.32. The van der Waals surface area contributed by atoms with E-state index in [0.29, 0.717) is 195 Å². The summed E-state index contributed by atoms with van der Waals surface area (Å²) >= 11 is 12.2. The Morgan fingerprint density at radius 1 is 0.365 bits per heavy atom. The Morgan fingerprint density at radius 2 is 0.696 bits per heavy atom. The molecule has 2 saturated heterocycles. The van der Waals surface area contributed by atoms with Crippen molar-refractivity contribution in [3.63, 3.8) is 0 Å². The lowest BCUT2D eigenvalue weighted by atomic mass is 10.1. The van der Waals surface area contributed by atoms with E-state index < -0.39 is 45.1 Å². The second-order valence-electron chi connectivity index (χ2n) is 36.4. The Morgan fingerprint density at radius 3 is 1.07 bits per heavy atom. The van der Waals surface area contributed by atoms with Gasteiger partial charge in [0.25, 0.3) is 27.8 Å². The number of anilines is 3. The minimum absolute atomic E-state index is 0.107. The monoisotopic (exact) mass is 2060 g/mol. The fourth-order valence-corrected chi connectivity index (χ4v) is 18.2. The van der Waals surface area contributed by atoms with E-state index in [2.05, 4.69) is 37.1 Å². The van der Waals surface area contributed by atoms with Gasteiger partial charge in [0.2, 0.25) is 29.7 Å². The van der Waals surface area contributed by atoms with Gasteiger partial charge in [0.15, 0.2) is 55.8 Å². The van der Waals surface area contributed by atoms with Crippen LogP contribution in [0.4, 0.5) is 22.2 Å². The van der Waals surface area contributed by atoms with Crippen molar-refractivity contribution in [2.75, 3.05) is 87.7 Å². The zero-order valence-electron chi connectivity index (χ0n) is 85.6. The largest absolute Gasteiger partial charge is 0.425 e. The first-order chi connectivity index (χ1) is 70.8. The molecule has 1 N–H and O–H groups in total. The molecule has 0 bridgehead atoms. The quantitative estimate of drug-likeness (QED) is 0.0550. The van der Waals surface area contributed by atoms with Crippen LogP contribution in [0.15, 0.2) is 218 Å². The number of hydrogen-bond acceptors (Lipinski definition) is 23. The van der Waals surface area contributed by atoms with Gasteiger partial charge >= 0.3 is 40.5 Å². The fraction of sp³-hybridized carbons (Fsp3) is 0.343. The minimum atomic E-state index is -0.450. The Hall–Kier alpha value is -16.3. The van der Waals surface area contributed by atoms with Crippen LogP contribution in [0.2, 0.25) is 10.0 Å². The molecule has 10 aromatic heterocycles. The number of piperazine rings is 2. The van der Waals surface area contributed by atoms with Crippen molar-refractivity contribution >= 4 is 109 Å². The smallest absolute Gasteiger partial charge is 0.332 e. The zero-order valence-corrected chi connectivity index (χ0v) is 87.1. The van der Waals surface area contributed by atoms with Gasteiger partial charge in [-0.15, -0.1) is 0 Å². The van der Waals surface area contributed by atoms with Crippen LogP contribution in [0, 0.1) is 26.6 Å². The number of nitrogens with zero attached hydrogens (tertiary/aromatic N) is 24. The summed E-state index contributed by atoms with van der Waals surface area (Å²) < 4.78 is 51.8. The molecule has 0 atom stereocenters. The highest BCUT2D eigenvalue weighted by molar-refractivity contribution is 6.31. The molecule has 0 unspecified atom stereocenters. The van der Waals surface area contributed by atoms with Gasteiger partial charge in [0, 0.05) is 166 Å². The molecular weight excluding hydrogens is 1940 g/mol. The average Bonchev–Trinajstić information content (AvgIpc) is 1.59. The Balaban J connectivity index is 0.000000139. The summed E-state index contributed by atoms with van der Waals surface area (Å²) in [5, 5.41) is 4.45. The third-order valence-corrected chi connectivity index (χ3v) is 26.8. The van der Waals surface area contributed by atoms with Crippen LogP contribution in [-0.4, -0.2) is 188 Å². The maximum Gasteiger partial charge on any atom is 0.332 e. The molecule has 40 nitrogen and oxygen atoms in total. The number of amides is 2. The molecular formula is C105H118Cl2FN25O15. The third-order valence-electron chi connectivity index (χ3n) is 26.3. The summed E-state index contributed by atoms with van der Waals surface area (Å²) in [6, 6.07) is 52.8. The topological polar surface area (TPSA) is 396 Å². The Labute approximate surface area is 856 Å². The van der Waals surface area contributed by atoms with Gasteiger partial charge < -0.3 is 39.1 Å². The van der Waals surface area contributed by atoms with Crippen molar-refractivity contribution in [2.45, 2.75) is 99.9 Å². The van der Waals surface area contributed by atoms with Crippen molar-refractivity contribution in [3.8, 4) is 23.5 Å². The lowest BCUT2D eigenvalue weighted by Crippen LogP contribution is -2.49. The molecule has 2 aliphatic heterocycles. The second kappa shape index (κ2) is 45.6. The fourth-order valence-electron chi connectivity index (χ4n) is 17.7. The van der Waals surface area contributed by atoms with Crippen LogP contribution in [0.5, 0.6) is 23.5 Å². The number of hydrogen-bond donors (Lipinski definition) is 1. The summed E-state index contributed by atoms with van der Waals surface area (Å²) in [7, 11) is 17.0. The maximum atomic E-state index is 13.4. The summed E-state index contributed by atoms with van der Waals surface area (Å²) in [5.41, 5.74) is 8.29. The number of nitrogens with one attached hydrogen (secondary N) is 1. The number of fused-ring (bicyclic) bond motifs is 5.